The van der Waals surface area contributed by atoms with E-state index in [2.05, 4.69) is 13.0 Å². The molecule has 0 aliphatic carbocycles. The minimum atomic E-state index is 0.738. The van der Waals surface area contributed by atoms with Crippen molar-refractivity contribution in [1.82, 2.24) is 0 Å². The lowest BCUT2D eigenvalue weighted by Crippen LogP contribution is -1.81. The fourth-order valence-electron chi connectivity index (χ4n) is 1.49. The Labute approximate surface area is 99.5 Å². The Kier molecular flexibility index (Phi) is 2.99. The second kappa shape index (κ2) is 4.26. The van der Waals surface area contributed by atoms with E-state index in [1.165, 1.54) is 5.56 Å². The van der Waals surface area contributed by atoms with Gasteiger partial charge in [0.2, 0.25) is 0 Å². The lowest BCUT2D eigenvalue weighted by atomic mass is 10.0. The molecule has 0 atom stereocenters. The summed E-state index contributed by atoms with van der Waals surface area (Å²) in [6.07, 6.45) is 0. The lowest BCUT2D eigenvalue weighted by molar-refractivity contribution is 1.47. The molecule has 76 valence electrons. The maximum absolute atomic E-state index is 6.14. The van der Waals surface area contributed by atoms with Gasteiger partial charge in [-0.2, -0.15) is 0 Å². The van der Waals surface area contributed by atoms with E-state index < -0.39 is 0 Å². The first-order chi connectivity index (χ1) is 7.16. The molecule has 0 fully saturated rings. The Morgan fingerprint density at radius 2 is 1.53 bits per heavy atom. The zero-order valence-electron chi connectivity index (χ0n) is 8.30. The summed E-state index contributed by atoms with van der Waals surface area (Å²) in [7, 11) is 0. The number of hydrogen-bond donors (Lipinski definition) is 0. The van der Waals surface area contributed by atoms with E-state index in [1.807, 2.05) is 36.4 Å². The molecule has 0 nitrogen and oxygen atoms in total. The predicted octanol–water partition coefficient (Wildman–Crippen LogP) is 4.97. The molecular formula is C13H10Cl2. The smallest absolute Gasteiger partial charge is 0.0484 e. The van der Waals surface area contributed by atoms with Crippen LogP contribution in [-0.4, -0.2) is 0 Å². The standard InChI is InChI=1S/C13H10Cl2/c1-9-2-7-13(15)12(8-9)10-3-5-11(14)6-4-10/h2-8H,1H3. The third kappa shape index (κ3) is 2.34. The second-order valence-electron chi connectivity index (χ2n) is 3.49. The normalized spacial score (nSPS) is 10.3. The molecule has 2 aromatic carbocycles. The van der Waals surface area contributed by atoms with Crippen molar-refractivity contribution in [1.29, 1.82) is 0 Å². The van der Waals surface area contributed by atoms with Crippen LogP contribution < -0.4 is 0 Å². The number of hydrogen-bond acceptors (Lipinski definition) is 0. The highest BCUT2D eigenvalue weighted by molar-refractivity contribution is 6.33. The third-order valence-electron chi connectivity index (χ3n) is 2.28. The van der Waals surface area contributed by atoms with Crippen molar-refractivity contribution < 1.29 is 0 Å². The molecule has 0 aliphatic rings. The number of rotatable bonds is 1. The van der Waals surface area contributed by atoms with E-state index in [1.54, 1.807) is 0 Å². The van der Waals surface area contributed by atoms with Gasteiger partial charge in [0.25, 0.3) is 0 Å². The molecule has 15 heavy (non-hydrogen) atoms. The van der Waals surface area contributed by atoms with E-state index in [0.717, 1.165) is 21.2 Å². The molecule has 0 bridgehead atoms. The maximum Gasteiger partial charge on any atom is 0.0484 e. The van der Waals surface area contributed by atoms with E-state index in [-0.39, 0.29) is 0 Å². The summed E-state index contributed by atoms with van der Waals surface area (Å²) in [6.45, 7) is 2.05. The fourth-order valence-corrected chi connectivity index (χ4v) is 1.84. The summed E-state index contributed by atoms with van der Waals surface area (Å²) in [5.41, 5.74) is 3.34. The van der Waals surface area contributed by atoms with Gasteiger partial charge < -0.3 is 0 Å². The zero-order chi connectivity index (χ0) is 10.8. The van der Waals surface area contributed by atoms with Gasteiger partial charge >= 0.3 is 0 Å². The van der Waals surface area contributed by atoms with Gasteiger partial charge in [-0.15, -0.1) is 0 Å². The molecule has 0 amide bonds. The van der Waals surface area contributed by atoms with Crippen LogP contribution in [0.4, 0.5) is 0 Å². The summed E-state index contributed by atoms with van der Waals surface area (Å²) < 4.78 is 0. The van der Waals surface area contributed by atoms with Crippen molar-refractivity contribution in [2.24, 2.45) is 0 Å². The number of aryl methyl sites for hydroxylation is 1. The van der Waals surface area contributed by atoms with Crippen molar-refractivity contribution in [3.8, 4) is 11.1 Å². The summed E-state index contributed by atoms with van der Waals surface area (Å²) in [5, 5.41) is 1.51. The van der Waals surface area contributed by atoms with Crippen LogP contribution in [0.1, 0.15) is 5.56 Å². The van der Waals surface area contributed by atoms with Gasteiger partial charge in [-0.05, 0) is 36.8 Å². The van der Waals surface area contributed by atoms with Crippen molar-refractivity contribution in [3.63, 3.8) is 0 Å². The van der Waals surface area contributed by atoms with Gasteiger partial charge in [0, 0.05) is 15.6 Å². The van der Waals surface area contributed by atoms with Gasteiger partial charge in [-0.25, -0.2) is 0 Å². The van der Waals surface area contributed by atoms with E-state index >= 15 is 0 Å². The molecule has 0 saturated heterocycles. The SMILES string of the molecule is Cc1ccc(Cl)c(-c2ccc(Cl)cc2)c1. The lowest BCUT2D eigenvalue weighted by Gasteiger charge is -2.05. The maximum atomic E-state index is 6.14. The van der Waals surface area contributed by atoms with Crippen molar-refractivity contribution in [3.05, 3.63) is 58.1 Å². The molecule has 0 aliphatic heterocycles. The third-order valence-corrected chi connectivity index (χ3v) is 2.86. The quantitative estimate of drug-likeness (QED) is 0.656. The summed E-state index contributed by atoms with van der Waals surface area (Å²) in [6, 6.07) is 13.7. The van der Waals surface area contributed by atoms with Gasteiger partial charge in [-0.3, -0.25) is 0 Å². The topological polar surface area (TPSA) is 0 Å². The van der Waals surface area contributed by atoms with Gasteiger partial charge in [0.1, 0.15) is 0 Å². The Bertz CT molecular complexity index is 472. The first kappa shape index (κ1) is 10.5. The van der Waals surface area contributed by atoms with Crippen LogP contribution >= 0.6 is 23.2 Å². The summed E-state index contributed by atoms with van der Waals surface area (Å²) >= 11 is 12.0. The molecule has 2 rings (SSSR count). The van der Waals surface area contributed by atoms with Crippen LogP contribution in [0.3, 0.4) is 0 Å². The molecule has 0 spiro atoms. The van der Waals surface area contributed by atoms with E-state index in [4.69, 9.17) is 23.2 Å². The Hall–Kier alpha value is -0.980. The molecule has 0 heterocycles. The second-order valence-corrected chi connectivity index (χ2v) is 4.33. The van der Waals surface area contributed by atoms with Gasteiger partial charge in [-0.1, -0.05) is 47.0 Å². The fraction of sp³-hybridized carbons (Fsp3) is 0.0769. The van der Waals surface area contributed by atoms with Crippen molar-refractivity contribution >= 4 is 23.2 Å². The molecule has 0 aromatic heterocycles. The van der Waals surface area contributed by atoms with Gasteiger partial charge in [0.15, 0.2) is 0 Å². The molecule has 0 unspecified atom stereocenters. The van der Waals surface area contributed by atoms with Crippen LogP contribution in [0.5, 0.6) is 0 Å². The van der Waals surface area contributed by atoms with Crippen LogP contribution in [0.2, 0.25) is 10.0 Å². The predicted molar refractivity (Wildman–Crippen MR) is 66.6 cm³/mol. The van der Waals surface area contributed by atoms with Crippen molar-refractivity contribution in [2.75, 3.05) is 0 Å². The zero-order valence-corrected chi connectivity index (χ0v) is 9.81. The Morgan fingerprint density at radius 3 is 2.20 bits per heavy atom. The largest absolute Gasteiger partial charge is 0.0843 e. The molecule has 0 N–H and O–H groups in total. The van der Waals surface area contributed by atoms with Gasteiger partial charge in [0.05, 0.1) is 0 Å². The first-order valence-corrected chi connectivity index (χ1v) is 5.44. The van der Waals surface area contributed by atoms with E-state index in [9.17, 15) is 0 Å². The van der Waals surface area contributed by atoms with Crippen LogP contribution in [-0.2, 0) is 0 Å². The molecule has 0 saturated carbocycles. The van der Waals surface area contributed by atoms with Crippen LogP contribution in [0, 0.1) is 6.92 Å². The van der Waals surface area contributed by atoms with Crippen LogP contribution in [0.25, 0.3) is 11.1 Å². The highest BCUT2D eigenvalue weighted by Gasteiger charge is 2.03. The van der Waals surface area contributed by atoms with Crippen molar-refractivity contribution in [2.45, 2.75) is 6.92 Å². The Morgan fingerprint density at radius 1 is 0.867 bits per heavy atom. The number of halogens is 2. The molecular weight excluding hydrogens is 227 g/mol. The highest BCUT2D eigenvalue weighted by Crippen LogP contribution is 2.29. The average molecular weight is 237 g/mol. The Balaban J connectivity index is 2.53. The number of benzene rings is 2. The summed E-state index contributed by atoms with van der Waals surface area (Å²) in [5.74, 6) is 0. The highest BCUT2D eigenvalue weighted by atomic mass is 35.5. The molecule has 2 aromatic rings. The van der Waals surface area contributed by atoms with E-state index in [0.29, 0.717) is 0 Å². The first-order valence-electron chi connectivity index (χ1n) is 4.69. The minimum Gasteiger partial charge on any atom is -0.0843 e. The van der Waals surface area contributed by atoms with Crippen LogP contribution in [0.15, 0.2) is 42.5 Å². The monoisotopic (exact) mass is 236 g/mol. The molecule has 0 radical (unpaired) electrons. The molecule has 2 heteroatoms. The summed E-state index contributed by atoms with van der Waals surface area (Å²) in [4.78, 5) is 0. The minimum absolute atomic E-state index is 0.738. The average Bonchev–Trinajstić information content (AvgIpc) is 2.23.